The molecule has 0 radical (unpaired) electrons. The highest BCUT2D eigenvalue weighted by atomic mass is 32.1. The van der Waals surface area contributed by atoms with E-state index >= 15 is 0 Å². The maximum absolute atomic E-state index is 12.9. The molecule has 154 valence electrons. The fraction of sp³-hybridized carbons (Fsp3) is 0.571. The largest absolute Gasteiger partial charge is 0.343 e. The number of hydrogen-bond donors (Lipinski definition) is 0. The van der Waals surface area contributed by atoms with Crippen LogP contribution in [0.1, 0.15) is 50.0 Å². The van der Waals surface area contributed by atoms with Crippen LogP contribution < -0.4 is 0 Å². The number of aryl methyl sites for hydroxylation is 1. The summed E-state index contributed by atoms with van der Waals surface area (Å²) in [5.74, 6) is 1.55. The maximum atomic E-state index is 12.9. The predicted molar refractivity (Wildman–Crippen MR) is 111 cm³/mol. The lowest BCUT2D eigenvalue weighted by molar-refractivity contribution is -0.140. The van der Waals surface area contributed by atoms with Gasteiger partial charge >= 0.3 is 0 Å². The molecule has 4 rings (SSSR count). The Morgan fingerprint density at radius 1 is 1.03 bits per heavy atom. The Labute approximate surface area is 175 Å². The third-order valence-electron chi connectivity index (χ3n) is 5.98. The van der Waals surface area contributed by atoms with E-state index in [9.17, 15) is 9.59 Å². The maximum Gasteiger partial charge on any atom is 0.225 e. The first-order chi connectivity index (χ1) is 14.0. The molecule has 2 amide bonds. The molecular weight excluding hydrogens is 386 g/mol. The quantitative estimate of drug-likeness (QED) is 0.773. The van der Waals surface area contributed by atoms with Crippen LogP contribution in [0.25, 0.3) is 10.7 Å². The van der Waals surface area contributed by atoms with Gasteiger partial charge in [-0.05, 0) is 38.7 Å². The van der Waals surface area contributed by atoms with E-state index in [1.165, 1.54) is 0 Å². The van der Waals surface area contributed by atoms with E-state index in [4.69, 9.17) is 4.98 Å². The van der Waals surface area contributed by atoms with Crippen molar-refractivity contribution in [1.29, 1.82) is 0 Å². The minimum absolute atomic E-state index is 0.0499. The van der Waals surface area contributed by atoms with E-state index in [-0.39, 0.29) is 23.7 Å². The van der Waals surface area contributed by atoms with Gasteiger partial charge in [0.15, 0.2) is 0 Å². The number of carbonyl (C=O) groups is 2. The second-order valence-electron chi connectivity index (χ2n) is 7.97. The van der Waals surface area contributed by atoms with Crippen LogP contribution in [0.4, 0.5) is 0 Å². The van der Waals surface area contributed by atoms with E-state index in [0.29, 0.717) is 13.1 Å². The molecule has 0 aromatic carbocycles. The number of amides is 2. The number of carbonyl (C=O) groups excluding carboxylic acids is 2. The zero-order chi connectivity index (χ0) is 20.4. The lowest BCUT2D eigenvalue weighted by Crippen LogP contribution is -2.46. The summed E-state index contributed by atoms with van der Waals surface area (Å²) in [5.41, 5.74) is 1.84. The molecule has 4 heterocycles. The zero-order valence-corrected chi connectivity index (χ0v) is 17.8. The van der Waals surface area contributed by atoms with Crippen molar-refractivity contribution in [2.75, 3.05) is 26.2 Å². The van der Waals surface area contributed by atoms with E-state index < -0.39 is 0 Å². The van der Waals surface area contributed by atoms with Crippen LogP contribution in [0.3, 0.4) is 0 Å². The molecule has 7 nitrogen and oxygen atoms in total. The Kier molecular flexibility index (Phi) is 5.89. The van der Waals surface area contributed by atoms with Gasteiger partial charge in [0.05, 0.1) is 0 Å². The monoisotopic (exact) mass is 413 g/mol. The third kappa shape index (κ3) is 4.47. The fourth-order valence-electron chi connectivity index (χ4n) is 4.29. The van der Waals surface area contributed by atoms with Crippen LogP contribution in [0.15, 0.2) is 17.6 Å². The van der Waals surface area contributed by atoms with Gasteiger partial charge in [0.2, 0.25) is 11.8 Å². The molecule has 29 heavy (non-hydrogen) atoms. The summed E-state index contributed by atoms with van der Waals surface area (Å²) < 4.78 is 0. The van der Waals surface area contributed by atoms with Crippen LogP contribution in [0.2, 0.25) is 0 Å². The summed E-state index contributed by atoms with van der Waals surface area (Å²) in [6.45, 7) is 6.48. The average molecular weight is 414 g/mol. The summed E-state index contributed by atoms with van der Waals surface area (Å²) >= 11 is 1.58. The molecule has 0 atom stereocenters. The number of rotatable bonds is 3. The molecule has 2 aliphatic rings. The average Bonchev–Trinajstić information content (AvgIpc) is 3.28. The van der Waals surface area contributed by atoms with Crippen molar-refractivity contribution >= 4 is 23.2 Å². The molecular formula is C21H27N5O2S. The Morgan fingerprint density at radius 3 is 2.34 bits per heavy atom. The highest BCUT2D eigenvalue weighted by Gasteiger charge is 2.32. The van der Waals surface area contributed by atoms with Gasteiger partial charge in [0.1, 0.15) is 16.5 Å². The molecule has 0 spiro atoms. The molecule has 2 fully saturated rings. The molecule has 0 unspecified atom stereocenters. The fourth-order valence-corrected chi connectivity index (χ4v) is 4.89. The zero-order valence-electron chi connectivity index (χ0n) is 17.0. The SMILES string of the molecule is CC(=O)N1CCC(C(=O)N2CCC(c3nc(C)cc(-c4nccs4)n3)CC2)CC1. The summed E-state index contributed by atoms with van der Waals surface area (Å²) in [7, 11) is 0. The standard InChI is InChI=1S/C21H27N5O2S/c1-14-13-18(20-22-7-12-29-20)24-19(23-14)16-3-10-26(11-4-16)21(28)17-5-8-25(9-6-17)15(2)27/h7,12-13,16-17H,3-6,8-11H2,1-2H3. The predicted octanol–water partition coefficient (Wildman–Crippen LogP) is 2.87. The highest BCUT2D eigenvalue weighted by Crippen LogP contribution is 2.30. The number of likely N-dealkylation sites (tertiary alicyclic amines) is 2. The van der Waals surface area contributed by atoms with Gasteiger partial charge in [-0.2, -0.15) is 0 Å². The van der Waals surface area contributed by atoms with E-state index in [2.05, 4.69) is 9.97 Å². The van der Waals surface area contributed by atoms with Gasteiger partial charge in [-0.1, -0.05) is 0 Å². The molecule has 2 aromatic rings. The normalized spacial score (nSPS) is 18.8. The van der Waals surface area contributed by atoms with Crippen molar-refractivity contribution in [2.45, 2.75) is 45.4 Å². The summed E-state index contributed by atoms with van der Waals surface area (Å²) in [5, 5.41) is 2.87. The Balaban J connectivity index is 1.36. The lowest BCUT2D eigenvalue weighted by Gasteiger charge is -2.36. The van der Waals surface area contributed by atoms with Gasteiger partial charge < -0.3 is 9.80 Å². The van der Waals surface area contributed by atoms with Gasteiger partial charge in [-0.25, -0.2) is 15.0 Å². The molecule has 2 aliphatic heterocycles. The topological polar surface area (TPSA) is 79.3 Å². The minimum atomic E-state index is 0.0499. The van der Waals surface area contributed by atoms with Crippen molar-refractivity contribution in [3.8, 4) is 10.7 Å². The van der Waals surface area contributed by atoms with E-state index in [0.717, 1.165) is 61.0 Å². The first kappa shape index (κ1) is 19.9. The Morgan fingerprint density at radius 2 is 1.72 bits per heavy atom. The van der Waals surface area contributed by atoms with Crippen molar-refractivity contribution < 1.29 is 9.59 Å². The number of thiazole rings is 1. The van der Waals surface area contributed by atoms with Crippen LogP contribution >= 0.6 is 11.3 Å². The van der Waals surface area contributed by atoms with Crippen molar-refractivity contribution in [1.82, 2.24) is 24.8 Å². The Bertz CT molecular complexity index is 869. The van der Waals surface area contributed by atoms with Crippen LogP contribution in [-0.4, -0.2) is 62.7 Å². The van der Waals surface area contributed by atoms with Crippen molar-refractivity contribution in [3.63, 3.8) is 0 Å². The number of aromatic nitrogens is 3. The molecule has 2 aromatic heterocycles. The van der Waals surface area contributed by atoms with Gasteiger partial charge in [-0.15, -0.1) is 11.3 Å². The first-order valence-corrected chi connectivity index (χ1v) is 11.2. The number of hydrogen-bond acceptors (Lipinski definition) is 6. The van der Waals surface area contributed by atoms with Gasteiger partial charge in [0, 0.05) is 62.2 Å². The molecule has 0 saturated carbocycles. The summed E-state index contributed by atoms with van der Waals surface area (Å²) in [4.78, 5) is 42.1. The minimum Gasteiger partial charge on any atom is -0.343 e. The molecule has 8 heteroatoms. The van der Waals surface area contributed by atoms with Crippen molar-refractivity contribution in [3.05, 3.63) is 29.2 Å². The highest BCUT2D eigenvalue weighted by molar-refractivity contribution is 7.13. The number of nitrogens with zero attached hydrogens (tertiary/aromatic N) is 5. The lowest BCUT2D eigenvalue weighted by atomic mass is 9.91. The molecule has 0 N–H and O–H groups in total. The second-order valence-corrected chi connectivity index (χ2v) is 8.86. The summed E-state index contributed by atoms with van der Waals surface area (Å²) in [6, 6.07) is 1.98. The Hall–Kier alpha value is -2.35. The number of piperidine rings is 2. The van der Waals surface area contributed by atoms with Crippen LogP contribution in [-0.2, 0) is 9.59 Å². The van der Waals surface area contributed by atoms with E-state index in [1.54, 1.807) is 24.5 Å². The van der Waals surface area contributed by atoms with E-state index in [1.807, 2.05) is 28.2 Å². The molecule has 2 saturated heterocycles. The third-order valence-corrected chi connectivity index (χ3v) is 6.78. The van der Waals surface area contributed by atoms with Gasteiger partial charge in [0.25, 0.3) is 0 Å². The van der Waals surface area contributed by atoms with Crippen molar-refractivity contribution in [2.24, 2.45) is 5.92 Å². The van der Waals surface area contributed by atoms with Crippen LogP contribution in [0, 0.1) is 12.8 Å². The molecule has 0 aliphatic carbocycles. The van der Waals surface area contributed by atoms with Crippen LogP contribution in [0.5, 0.6) is 0 Å². The summed E-state index contributed by atoms with van der Waals surface area (Å²) in [6.07, 6.45) is 5.12. The molecule has 0 bridgehead atoms. The smallest absolute Gasteiger partial charge is 0.225 e. The van der Waals surface area contributed by atoms with Gasteiger partial charge in [-0.3, -0.25) is 9.59 Å². The first-order valence-electron chi connectivity index (χ1n) is 10.3. The second kappa shape index (κ2) is 8.57.